The van der Waals surface area contributed by atoms with E-state index in [1.807, 2.05) is 56.9 Å². The first-order valence-corrected chi connectivity index (χ1v) is 9.26. The van der Waals surface area contributed by atoms with Gasteiger partial charge in [0.1, 0.15) is 0 Å². The van der Waals surface area contributed by atoms with Gasteiger partial charge in [-0.25, -0.2) is 0 Å². The van der Waals surface area contributed by atoms with E-state index in [4.69, 9.17) is 10.3 Å². The summed E-state index contributed by atoms with van der Waals surface area (Å²) in [6.45, 7) is 9.59. The molecule has 6 nitrogen and oxygen atoms in total. The predicted molar refractivity (Wildman–Crippen MR) is 101 cm³/mol. The van der Waals surface area contributed by atoms with Crippen LogP contribution in [0, 0.1) is 5.92 Å². The van der Waals surface area contributed by atoms with Gasteiger partial charge in [0.25, 0.3) is 11.8 Å². The molecule has 2 aromatic rings. The van der Waals surface area contributed by atoms with Gasteiger partial charge in [0.2, 0.25) is 0 Å². The van der Waals surface area contributed by atoms with Crippen LogP contribution < -0.4 is 5.73 Å². The molecule has 3 rings (SSSR count). The van der Waals surface area contributed by atoms with Crippen LogP contribution in [0.4, 0.5) is 0 Å². The lowest BCUT2D eigenvalue weighted by Crippen LogP contribution is -2.42. The van der Waals surface area contributed by atoms with Crippen molar-refractivity contribution in [2.75, 3.05) is 13.1 Å². The van der Waals surface area contributed by atoms with Gasteiger partial charge in [-0.05, 0) is 37.8 Å². The summed E-state index contributed by atoms with van der Waals surface area (Å²) < 4.78 is 5.46. The van der Waals surface area contributed by atoms with Gasteiger partial charge >= 0.3 is 0 Å². The van der Waals surface area contributed by atoms with Crippen LogP contribution in [-0.2, 0) is 5.41 Å². The minimum absolute atomic E-state index is 0.0132. The summed E-state index contributed by atoms with van der Waals surface area (Å²) in [6.07, 6.45) is 1.89. The molecule has 1 fully saturated rings. The number of hydrogen-bond acceptors (Lipinski definition) is 5. The van der Waals surface area contributed by atoms with Gasteiger partial charge in [-0.2, -0.15) is 4.98 Å². The highest BCUT2D eigenvalue weighted by atomic mass is 16.5. The van der Waals surface area contributed by atoms with Crippen molar-refractivity contribution >= 4 is 5.91 Å². The van der Waals surface area contributed by atoms with Crippen LogP contribution in [0.5, 0.6) is 0 Å². The van der Waals surface area contributed by atoms with Crippen LogP contribution in [0.25, 0.3) is 11.5 Å². The monoisotopic (exact) mass is 356 g/mol. The molecule has 26 heavy (non-hydrogen) atoms. The molecule has 1 aliphatic heterocycles. The highest BCUT2D eigenvalue weighted by Crippen LogP contribution is 2.28. The number of likely N-dealkylation sites (tertiary alicyclic amines) is 1. The summed E-state index contributed by atoms with van der Waals surface area (Å²) in [4.78, 5) is 19.5. The van der Waals surface area contributed by atoms with Crippen LogP contribution in [0.2, 0.25) is 0 Å². The molecule has 6 heteroatoms. The molecule has 0 spiro atoms. The van der Waals surface area contributed by atoms with E-state index in [1.165, 1.54) is 0 Å². The van der Waals surface area contributed by atoms with Crippen molar-refractivity contribution in [3.8, 4) is 11.5 Å². The van der Waals surface area contributed by atoms with Crippen LogP contribution in [0.1, 0.15) is 56.7 Å². The van der Waals surface area contributed by atoms with Gasteiger partial charge in [-0.3, -0.25) is 4.79 Å². The van der Waals surface area contributed by atoms with Crippen molar-refractivity contribution in [3.63, 3.8) is 0 Å². The Morgan fingerprint density at radius 1 is 1.27 bits per heavy atom. The largest absolute Gasteiger partial charge is 0.339 e. The molecule has 2 heterocycles. The number of rotatable bonds is 3. The summed E-state index contributed by atoms with van der Waals surface area (Å²) in [7, 11) is 0. The van der Waals surface area contributed by atoms with Crippen molar-refractivity contribution in [1.82, 2.24) is 15.0 Å². The Labute approximate surface area is 154 Å². The Morgan fingerprint density at radius 2 is 1.92 bits per heavy atom. The summed E-state index contributed by atoms with van der Waals surface area (Å²) >= 11 is 0. The minimum atomic E-state index is -0.207. The summed E-state index contributed by atoms with van der Waals surface area (Å²) in [6, 6.07) is 7.62. The smallest absolute Gasteiger partial charge is 0.258 e. The quantitative estimate of drug-likeness (QED) is 0.912. The van der Waals surface area contributed by atoms with Crippen LogP contribution >= 0.6 is 0 Å². The Bertz CT molecular complexity index is 768. The molecular weight excluding hydrogens is 328 g/mol. The van der Waals surface area contributed by atoms with E-state index in [0.29, 0.717) is 28.8 Å². The molecule has 0 saturated carbocycles. The fourth-order valence-electron chi connectivity index (χ4n) is 3.29. The average molecular weight is 356 g/mol. The third kappa shape index (κ3) is 3.80. The summed E-state index contributed by atoms with van der Waals surface area (Å²) in [5.41, 5.74) is 7.10. The van der Waals surface area contributed by atoms with E-state index in [1.54, 1.807) is 0 Å². The predicted octanol–water partition coefficient (Wildman–Crippen LogP) is 3.23. The number of benzene rings is 1. The molecular formula is C20H28N4O2. The van der Waals surface area contributed by atoms with Gasteiger partial charge in [-0.1, -0.05) is 38.1 Å². The molecule has 1 aromatic heterocycles. The number of nitrogens with two attached hydrogens (primary N) is 1. The molecule has 140 valence electrons. The number of amides is 1. The van der Waals surface area contributed by atoms with Gasteiger partial charge < -0.3 is 15.2 Å². The summed E-state index contributed by atoms with van der Waals surface area (Å²) in [5, 5.41) is 4.08. The van der Waals surface area contributed by atoms with Gasteiger partial charge in [0, 0.05) is 24.5 Å². The molecule has 1 saturated heterocycles. The Hall–Kier alpha value is -2.21. The molecule has 1 amide bonds. The van der Waals surface area contributed by atoms with Crippen molar-refractivity contribution in [3.05, 3.63) is 35.7 Å². The minimum Gasteiger partial charge on any atom is -0.339 e. The third-order valence-corrected chi connectivity index (χ3v) is 5.06. The van der Waals surface area contributed by atoms with Crippen molar-refractivity contribution in [2.24, 2.45) is 11.7 Å². The van der Waals surface area contributed by atoms with Crippen molar-refractivity contribution in [1.29, 1.82) is 0 Å². The van der Waals surface area contributed by atoms with Gasteiger partial charge in [-0.15, -0.1) is 0 Å². The highest BCUT2D eigenvalue weighted by Gasteiger charge is 2.28. The number of aromatic nitrogens is 2. The lowest BCUT2D eigenvalue weighted by Gasteiger charge is -2.34. The topological polar surface area (TPSA) is 85.2 Å². The number of nitrogens with zero attached hydrogens (tertiary/aromatic N) is 3. The lowest BCUT2D eigenvalue weighted by atomic mass is 9.90. The van der Waals surface area contributed by atoms with E-state index >= 15 is 0 Å². The highest BCUT2D eigenvalue weighted by molar-refractivity contribution is 6.00. The maximum absolute atomic E-state index is 13.1. The van der Waals surface area contributed by atoms with E-state index in [0.717, 1.165) is 25.9 Å². The second kappa shape index (κ2) is 7.19. The zero-order valence-corrected chi connectivity index (χ0v) is 16.0. The zero-order valence-electron chi connectivity index (χ0n) is 16.0. The molecule has 1 atom stereocenters. The second-order valence-electron chi connectivity index (χ2n) is 8.21. The molecule has 1 unspecified atom stereocenters. The first-order chi connectivity index (χ1) is 12.3. The van der Waals surface area contributed by atoms with E-state index in [2.05, 4.69) is 10.1 Å². The molecule has 0 aliphatic carbocycles. The van der Waals surface area contributed by atoms with E-state index in [-0.39, 0.29) is 17.4 Å². The molecule has 1 aromatic carbocycles. The summed E-state index contributed by atoms with van der Waals surface area (Å²) in [5.74, 6) is 1.52. The SMILES string of the molecule is CC(N)C1CCN(C(=O)c2ccccc2-c2nc(C(C)(C)C)no2)CC1. The molecule has 0 bridgehead atoms. The Morgan fingerprint density at radius 3 is 2.50 bits per heavy atom. The van der Waals surface area contributed by atoms with E-state index in [9.17, 15) is 4.79 Å². The van der Waals surface area contributed by atoms with Crippen molar-refractivity contribution < 1.29 is 9.32 Å². The van der Waals surface area contributed by atoms with Crippen molar-refractivity contribution in [2.45, 2.75) is 52.0 Å². The van der Waals surface area contributed by atoms with E-state index < -0.39 is 0 Å². The molecule has 0 radical (unpaired) electrons. The van der Waals surface area contributed by atoms with Crippen LogP contribution in [-0.4, -0.2) is 40.1 Å². The average Bonchev–Trinajstić information content (AvgIpc) is 3.11. The first-order valence-electron chi connectivity index (χ1n) is 9.26. The Kier molecular flexibility index (Phi) is 5.14. The lowest BCUT2D eigenvalue weighted by molar-refractivity contribution is 0.0681. The normalized spacial score (nSPS) is 17.3. The number of hydrogen-bond donors (Lipinski definition) is 1. The third-order valence-electron chi connectivity index (χ3n) is 5.06. The first kappa shape index (κ1) is 18.6. The number of piperidine rings is 1. The number of carbonyl (C=O) groups excluding carboxylic acids is 1. The van der Waals surface area contributed by atoms with Gasteiger partial charge in [0.05, 0.1) is 11.1 Å². The Balaban J connectivity index is 1.84. The molecule has 2 N–H and O–H groups in total. The van der Waals surface area contributed by atoms with Gasteiger partial charge in [0.15, 0.2) is 5.82 Å². The standard InChI is InChI=1S/C20H28N4O2/c1-13(21)14-9-11-24(12-10-14)18(25)16-8-6-5-7-15(16)17-22-19(23-26-17)20(2,3)4/h5-8,13-14H,9-12,21H2,1-4H3. The fourth-order valence-corrected chi connectivity index (χ4v) is 3.29. The maximum atomic E-state index is 13.1. The fraction of sp³-hybridized carbons (Fsp3) is 0.550. The molecule has 1 aliphatic rings. The number of carbonyl (C=O) groups is 1. The van der Waals surface area contributed by atoms with Crippen LogP contribution in [0.3, 0.4) is 0 Å². The zero-order chi connectivity index (χ0) is 18.9. The second-order valence-corrected chi connectivity index (χ2v) is 8.21. The van der Waals surface area contributed by atoms with Crippen LogP contribution in [0.15, 0.2) is 28.8 Å². The maximum Gasteiger partial charge on any atom is 0.258 e.